The summed E-state index contributed by atoms with van der Waals surface area (Å²) >= 11 is 0. The largest absolute Gasteiger partial charge is 0.465 e. The Balaban J connectivity index is 1.92. The molecule has 0 bridgehead atoms. The highest BCUT2D eigenvalue weighted by atomic mass is 19.1. The van der Waals surface area contributed by atoms with Crippen molar-refractivity contribution >= 4 is 11.7 Å². The van der Waals surface area contributed by atoms with Gasteiger partial charge in [0.05, 0.1) is 11.4 Å². The molecule has 1 amide bonds. The van der Waals surface area contributed by atoms with Crippen LogP contribution < -0.4 is 5.32 Å². The van der Waals surface area contributed by atoms with E-state index in [4.69, 9.17) is 5.11 Å². The third-order valence-electron chi connectivity index (χ3n) is 3.23. The smallest absolute Gasteiger partial charge is 0.404 e. The molecule has 22 heavy (non-hydrogen) atoms. The first-order chi connectivity index (χ1) is 10.6. The summed E-state index contributed by atoms with van der Waals surface area (Å²) in [6, 6.07) is 6.09. The number of carboxylic acid groups (broad SMARTS) is 1. The van der Waals surface area contributed by atoms with Gasteiger partial charge in [-0.3, -0.25) is 4.98 Å². The lowest BCUT2D eigenvalue weighted by atomic mass is 10.2. The Morgan fingerprint density at radius 1 is 1.32 bits per heavy atom. The third-order valence-corrected chi connectivity index (χ3v) is 3.23. The van der Waals surface area contributed by atoms with Crippen molar-refractivity contribution in [2.75, 3.05) is 6.54 Å². The predicted octanol–water partition coefficient (Wildman–Crippen LogP) is 2.35. The minimum absolute atomic E-state index is 0.265. The number of nitrogens with one attached hydrogen (secondary N) is 1. The Labute approximate surface area is 125 Å². The maximum atomic E-state index is 13.0. The number of amides is 1. The summed E-state index contributed by atoms with van der Waals surface area (Å²) in [5.74, 6) is -0.297. The summed E-state index contributed by atoms with van der Waals surface area (Å²) in [5.41, 5.74) is 2.87. The Morgan fingerprint density at radius 3 is 2.82 bits per heavy atom. The first-order valence-electron chi connectivity index (χ1n) is 6.69. The van der Waals surface area contributed by atoms with Crippen molar-refractivity contribution in [2.24, 2.45) is 0 Å². The van der Waals surface area contributed by atoms with Crippen LogP contribution >= 0.6 is 0 Å². The van der Waals surface area contributed by atoms with Crippen molar-refractivity contribution in [3.05, 3.63) is 54.4 Å². The zero-order chi connectivity index (χ0) is 15.5. The molecule has 0 saturated heterocycles. The predicted molar refractivity (Wildman–Crippen MR) is 78.1 cm³/mol. The highest BCUT2D eigenvalue weighted by Crippen LogP contribution is 2.20. The summed E-state index contributed by atoms with van der Waals surface area (Å²) in [5, 5.41) is 10.9. The number of halogens is 1. The molecule has 0 radical (unpaired) electrons. The van der Waals surface area contributed by atoms with E-state index < -0.39 is 6.09 Å². The van der Waals surface area contributed by atoms with Crippen molar-refractivity contribution in [1.82, 2.24) is 19.7 Å². The molecule has 6 nitrogen and oxygen atoms in total. The van der Waals surface area contributed by atoms with Gasteiger partial charge >= 0.3 is 6.09 Å². The number of fused-ring (bicyclic) bond motifs is 1. The zero-order valence-corrected chi connectivity index (χ0v) is 11.5. The quantitative estimate of drug-likeness (QED) is 0.775. The van der Waals surface area contributed by atoms with Gasteiger partial charge in [0.2, 0.25) is 0 Å². The first-order valence-corrected chi connectivity index (χ1v) is 6.69. The molecule has 0 aliphatic carbocycles. The van der Waals surface area contributed by atoms with Crippen LogP contribution in [0, 0.1) is 5.82 Å². The molecule has 0 fully saturated rings. The molecule has 112 valence electrons. The molecule has 0 aliphatic rings. The SMILES string of the molecule is O=C(O)NCCc1nccn2cc(-c3ccc(F)cc3)nc12. The lowest BCUT2D eigenvalue weighted by Crippen LogP contribution is -2.23. The van der Waals surface area contributed by atoms with Gasteiger partial charge in [-0.25, -0.2) is 14.2 Å². The second-order valence-corrected chi connectivity index (χ2v) is 4.72. The number of carbonyl (C=O) groups is 1. The minimum atomic E-state index is -1.07. The third kappa shape index (κ3) is 2.88. The second-order valence-electron chi connectivity index (χ2n) is 4.72. The topological polar surface area (TPSA) is 79.5 Å². The normalized spacial score (nSPS) is 10.8. The van der Waals surface area contributed by atoms with E-state index in [1.54, 1.807) is 24.5 Å². The van der Waals surface area contributed by atoms with Crippen molar-refractivity contribution in [3.63, 3.8) is 0 Å². The van der Waals surface area contributed by atoms with Gasteiger partial charge in [0.1, 0.15) is 5.82 Å². The van der Waals surface area contributed by atoms with Crippen molar-refractivity contribution in [1.29, 1.82) is 0 Å². The number of nitrogens with zero attached hydrogens (tertiary/aromatic N) is 3. The molecule has 2 heterocycles. The average Bonchev–Trinajstić information content (AvgIpc) is 2.92. The van der Waals surface area contributed by atoms with Crippen LogP contribution in [-0.4, -0.2) is 32.1 Å². The monoisotopic (exact) mass is 300 g/mol. The van der Waals surface area contributed by atoms with Gasteiger partial charge in [-0.2, -0.15) is 0 Å². The van der Waals surface area contributed by atoms with E-state index >= 15 is 0 Å². The average molecular weight is 300 g/mol. The molecule has 0 aliphatic heterocycles. The molecule has 0 atom stereocenters. The van der Waals surface area contributed by atoms with Gasteiger partial charge in [0, 0.05) is 37.1 Å². The van der Waals surface area contributed by atoms with Crippen LogP contribution in [0.4, 0.5) is 9.18 Å². The minimum Gasteiger partial charge on any atom is -0.465 e. The van der Waals surface area contributed by atoms with Crippen LogP contribution in [0.25, 0.3) is 16.9 Å². The number of hydrogen-bond acceptors (Lipinski definition) is 3. The fraction of sp³-hybridized carbons (Fsp3) is 0.133. The Bertz CT molecular complexity index is 814. The van der Waals surface area contributed by atoms with E-state index in [0.717, 1.165) is 5.56 Å². The molecule has 3 aromatic rings. The molecule has 3 rings (SSSR count). The standard InChI is InChI=1S/C15H13FN4O2/c16-11-3-1-10(2-4-11)13-9-20-8-7-17-12(14(20)19-13)5-6-18-15(21)22/h1-4,7-9,18H,5-6H2,(H,21,22). The highest BCUT2D eigenvalue weighted by molar-refractivity contribution is 5.65. The number of benzene rings is 1. The Kier molecular flexibility index (Phi) is 3.69. The van der Waals surface area contributed by atoms with E-state index in [-0.39, 0.29) is 12.4 Å². The Hall–Kier alpha value is -2.96. The van der Waals surface area contributed by atoms with Crippen LogP contribution in [0.5, 0.6) is 0 Å². The second kappa shape index (κ2) is 5.80. The van der Waals surface area contributed by atoms with E-state index in [2.05, 4.69) is 15.3 Å². The molecule has 0 spiro atoms. The molecular weight excluding hydrogens is 287 g/mol. The van der Waals surface area contributed by atoms with Gasteiger partial charge in [0.15, 0.2) is 5.65 Å². The van der Waals surface area contributed by atoms with Crippen LogP contribution in [0.1, 0.15) is 5.69 Å². The maximum absolute atomic E-state index is 13.0. The first kappa shape index (κ1) is 14.0. The van der Waals surface area contributed by atoms with Crippen LogP contribution in [0.15, 0.2) is 42.9 Å². The molecule has 2 aromatic heterocycles. The highest BCUT2D eigenvalue weighted by Gasteiger charge is 2.09. The molecular formula is C15H13FN4O2. The number of aromatic nitrogens is 3. The molecule has 0 saturated carbocycles. The number of hydrogen-bond donors (Lipinski definition) is 2. The van der Waals surface area contributed by atoms with Gasteiger partial charge < -0.3 is 14.8 Å². The van der Waals surface area contributed by atoms with Gasteiger partial charge in [-0.05, 0) is 24.3 Å². The fourth-order valence-electron chi connectivity index (χ4n) is 2.20. The molecule has 1 aromatic carbocycles. The van der Waals surface area contributed by atoms with E-state index in [0.29, 0.717) is 23.5 Å². The van der Waals surface area contributed by atoms with Crippen LogP contribution in [-0.2, 0) is 6.42 Å². The molecule has 2 N–H and O–H groups in total. The summed E-state index contributed by atoms with van der Waals surface area (Å²) in [6.07, 6.45) is 4.61. The number of rotatable bonds is 4. The van der Waals surface area contributed by atoms with Gasteiger partial charge in [-0.15, -0.1) is 0 Å². The number of imidazole rings is 1. The Morgan fingerprint density at radius 2 is 2.09 bits per heavy atom. The van der Waals surface area contributed by atoms with Gasteiger partial charge in [-0.1, -0.05) is 0 Å². The van der Waals surface area contributed by atoms with Crippen LogP contribution in [0.3, 0.4) is 0 Å². The lowest BCUT2D eigenvalue weighted by Gasteiger charge is -2.02. The lowest BCUT2D eigenvalue weighted by molar-refractivity contribution is 0.194. The summed E-state index contributed by atoms with van der Waals surface area (Å²) in [6.45, 7) is 0.265. The zero-order valence-electron chi connectivity index (χ0n) is 11.5. The van der Waals surface area contributed by atoms with E-state index in [9.17, 15) is 9.18 Å². The van der Waals surface area contributed by atoms with E-state index in [1.165, 1.54) is 12.1 Å². The molecule has 7 heteroatoms. The van der Waals surface area contributed by atoms with Crippen molar-refractivity contribution in [2.45, 2.75) is 6.42 Å². The van der Waals surface area contributed by atoms with Crippen LogP contribution in [0.2, 0.25) is 0 Å². The maximum Gasteiger partial charge on any atom is 0.404 e. The summed E-state index contributed by atoms with van der Waals surface area (Å²) in [4.78, 5) is 19.2. The van der Waals surface area contributed by atoms with Gasteiger partial charge in [0.25, 0.3) is 0 Å². The van der Waals surface area contributed by atoms with E-state index in [1.807, 2.05) is 10.6 Å². The summed E-state index contributed by atoms with van der Waals surface area (Å²) in [7, 11) is 0. The van der Waals surface area contributed by atoms with Crippen molar-refractivity contribution in [3.8, 4) is 11.3 Å². The summed E-state index contributed by atoms with van der Waals surface area (Å²) < 4.78 is 14.8. The molecule has 0 unspecified atom stereocenters. The van der Waals surface area contributed by atoms with Crippen molar-refractivity contribution < 1.29 is 14.3 Å². The fourth-order valence-corrected chi connectivity index (χ4v) is 2.20.